The number of halogens is 1. The van der Waals surface area contributed by atoms with E-state index in [9.17, 15) is 10.1 Å². The lowest BCUT2D eigenvalue weighted by Crippen LogP contribution is -2.29. The van der Waals surface area contributed by atoms with Crippen molar-refractivity contribution in [2.45, 2.75) is 19.4 Å². The van der Waals surface area contributed by atoms with E-state index in [-0.39, 0.29) is 5.69 Å². The van der Waals surface area contributed by atoms with Crippen LogP contribution in [-0.2, 0) is 5.54 Å². The van der Waals surface area contributed by atoms with Crippen LogP contribution in [-0.4, -0.2) is 4.92 Å². The van der Waals surface area contributed by atoms with Crippen molar-refractivity contribution in [2.24, 2.45) is 5.73 Å². The molecule has 5 heteroatoms. The molecule has 0 atom stereocenters. The van der Waals surface area contributed by atoms with Gasteiger partial charge in [0, 0.05) is 20.7 Å². The molecule has 14 heavy (non-hydrogen) atoms. The average Bonchev–Trinajstić information content (AvgIpc) is 2.01. The number of nitrogens with zero attached hydrogens (tertiary/aromatic N) is 1. The van der Waals surface area contributed by atoms with Crippen molar-refractivity contribution in [3.63, 3.8) is 0 Å². The second-order valence-corrected chi connectivity index (χ2v) is 4.89. The summed E-state index contributed by atoms with van der Waals surface area (Å²) < 4.78 is 0.835. The lowest BCUT2D eigenvalue weighted by Gasteiger charge is -2.18. The van der Waals surface area contributed by atoms with Gasteiger partial charge in [-0.1, -0.05) is 0 Å². The van der Waals surface area contributed by atoms with Crippen LogP contribution in [0.4, 0.5) is 5.69 Å². The molecule has 0 aromatic heterocycles. The van der Waals surface area contributed by atoms with Crippen LogP contribution in [0.5, 0.6) is 0 Å². The number of hydrogen-bond acceptors (Lipinski definition) is 3. The zero-order valence-corrected chi connectivity index (χ0v) is 10.1. The van der Waals surface area contributed by atoms with Gasteiger partial charge in [-0.15, -0.1) is 0 Å². The summed E-state index contributed by atoms with van der Waals surface area (Å²) in [5, 5.41) is 10.8. The summed E-state index contributed by atoms with van der Waals surface area (Å²) in [6.07, 6.45) is 0. The first-order chi connectivity index (χ1) is 6.32. The summed E-state index contributed by atoms with van der Waals surface area (Å²) in [6, 6.07) is 5.06. The summed E-state index contributed by atoms with van der Waals surface area (Å²) in [4.78, 5) is 10.4. The number of nitrogens with two attached hydrogens (primary N) is 1. The lowest BCUT2D eigenvalue weighted by atomic mass is 9.94. The van der Waals surface area contributed by atoms with Crippen molar-refractivity contribution < 1.29 is 4.92 Å². The highest BCUT2D eigenvalue weighted by molar-refractivity contribution is 14.1. The minimum Gasteiger partial charge on any atom is -0.322 e. The van der Waals surface area contributed by atoms with Crippen LogP contribution in [0.25, 0.3) is 0 Å². The number of benzene rings is 1. The van der Waals surface area contributed by atoms with Gasteiger partial charge in [0.05, 0.1) is 4.92 Å². The van der Waals surface area contributed by atoms with E-state index in [0.717, 1.165) is 3.57 Å². The van der Waals surface area contributed by atoms with E-state index in [1.54, 1.807) is 19.9 Å². The summed E-state index contributed by atoms with van der Waals surface area (Å²) >= 11 is 2.04. The van der Waals surface area contributed by atoms with E-state index in [1.807, 2.05) is 28.7 Å². The molecule has 0 saturated heterocycles. The fraction of sp³-hybridized carbons (Fsp3) is 0.333. The fourth-order valence-corrected chi connectivity index (χ4v) is 1.68. The average molecular weight is 306 g/mol. The molecule has 2 N–H and O–H groups in total. The largest absolute Gasteiger partial charge is 0.322 e. The Morgan fingerprint density at radius 1 is 1.50 bits per heavy atom. The number of rotatable bonds is 2. The molecule has 1 aromatic carbocycles. The molecule has 0 bridgehead atoms. The van der Waals surface area contributed by atoms with E-state index < -0.39 is 10.5 Å². The quantitative estimate of drug-likeness (QED) is 0.518. The molecule has 0 spiro atoms. The topological polar surface area (TPSA) is 69.2 Å². The Morgan fingerprint density at radius 3 is 2.50 bits per heavy atom. The summed E-state index contributed by atoms with van der Waals surface area (Å²) in [7, 11) is 0. The van der Waals surface area contributed by atoms with Crippen LogP contribution in [0.15, 0.2) is 18.2 Å². The van der Waals surface area contributed by atoms with Crippen LogP contribution in [0.2, 0.25) is 0 Å². The normalized spacial score (nSPS) is 11.4. The minimum atomic E-state index is -0.688. The van der Waals surface area contributed by atoms with Gasteiger partial charge in [0.2, 0.25) is 0 Å². The molecule has 0 heterocycles. The number of nitro groups is 1. The van der Waals surface area contributed by atoms with Crippen molar-refractivity contribution in [1.29, 1.82) is 0 Å². The predicted octanol–water partition coefficient (Wildman–Crippen LogP) is 2.39. The highest BCUT2D eigenvalue weighted by atomic mass is 127. The number of nitro benzene ring substituents is 1. The van der Waals surface area contributed by atoms with Gasteiger partial charge in [-0.25, -0.2) is 0 Å². The summed E-state index contributed by atoms with van der Waals surface area (Å²) in [5.74, 6) is 0. The zero-order valence-electron chi connectivity index (χ0n) is 7.95. The second kappa shape index (κ2) is 3.82. The first-order valence-electron chi connectivity index (χ1n) is 4.05. The Labute approximate surface area is 95.8 Å². The van der Waals surface area contributed by atoms with Gasteiger partial charge < -0.3 is 5.73 Å². The first-order valence-corrected chi connectivity index (χ1v) is 5.13. The molecule has 1 aromatic rings. The monoisotopic (exact) mass is 306 g/mol. The second-order valence-electron chi connectivity index (χ2n) is 3.64. The molecule has 0 aliphatic rings. The van der Waals surface area contributed by atoms with Gasteiger partial charge in [-0.3, -0.25) is 10.1 Å². The molecule has 0 fully saturated rings. The Hall–Kier alpha value is -0.690. The highest BCUT2D eigenvalue weighted by Crippen LogP contribution is 2.28. The van der Waals surface area contributed by atoms with E-state index in [4.69, 9.17) is 5.73 Å². The van der Waals surface area contributed by atoms with Crippen LogP contribution >= 0.6 is 22.6 Å². The fourth-order valence-electron chi connectivity index (χ4n) is 1.20. The van der Waals surface area contributed by atoms with Crippen molar-refractivity contribution in [1.82, 2.24) is 0 Å². The van der Waals surface area contributed by atoms with Gasteiger partial charge in [0.25, 0.3) is 5.69 Å². The molecule has 0 amide bonds. The van der Waals surface area contributed by atoms with Crippen molar-refractivity contribution >= 4 is 28.3 Å². The molecule has 0 unspecified atom stereocenters. The zero-order chi connectivity index (χ0) is 10.9. The van der Waals surface area contributed by atoms with Gasteiger partial charge in [-0.05, 0) is 48.6 Å². The molecule has 0 radical (unpaired) electrons. The molecule has 1 rings (SSSR count). The summed E-state index contributed by atoms with van der Waals surface area (Å²) in [6.45, 7) is 3.50. The third-order valence-corrected chi connectivity index (χ3v) is 2.52. The Balaban J connectivity index is 3.37. The molecule has 0 aliphatic heterocycles. The number of hydrogen-bond donors (Lipinski definition) is 1. The molecule has 4 nitrogen and oxygen atoms in total. The Kier molecular flexibility index (Phi) is 3.10. The minimum absolute atomic E-state index is 0.0874. The SMILES string of the molecule is CC(C)(N)c1ccc(I)cc1[N+](=O)[O-]. The standard InChI is InChI=1S/C9H11IN2O2/c1-9(2,11)7-4-3-6(10)5-8(7)12(13)14/h3-5H,11H2,1-2H3. The van der Waals surface area contributed by atoms with Gasteiger partial charge in [-0.2, -0.15) is 0 Å². The van der Waals surface area contributed by atoms with Crippen LogP contribution in [0, 0.1) is 13.7 Å². The third-order valence-electron chi connectivity index (χ3n) is 1.85. The maximum absolute atomic E-state index is 10.8. The van der Waals surface area contributed by atoms with Crippen LogP contribution < -0.4 is 5.73 Å². The van der Waals surface area contributed by atoms with E-state index in [1.165, 1.54) is 6.07 Å². The molecule has 76 valence electrons. The van der Waals surface area contributed by atoms with Crippen LogP contribution in [0.3, 0.4) is 0 Å². The van der Waals surface area contributed by atoms with Gasteiger partial charge >= 0.3 is 0 Å². The van der Waals surface area contributed by atoms with E-state index in [0.29, 0.717) is 5.56 Å². The van der Waals surface area contributed by atoms with Crippen molar-refractivity contribution in [2.75, 3.05) is 0 Å². The predicted molar refractivity (Wildman–Crippen MR) is 63.0 cm³/mol. The Bertz CT molecular complexity index is 372. The van der Waals surface area contributed by atoms with Gasteiger partial charge in [0.15, 0.2) is 0 Å². The highest BCUT2D eigenvalue weighted by Gasteiger charge is 2.24. The van der Waals surface area contributed by atoms with Crippen molar-refractivity contribution in [3.8, 4) is 0 Å². The smallest absolute Gasteiger partial charge is 0.275 e. The third kappa shape index (κ3) is 2.42. The first kappa shape index (κ1) is 11.4. The van der Waals surface area contributed by atoms with Gasteiger partial charge in [0.1, 0.15) is 0 Å². The maximum Gasteiger partial charge on any atom is 0.275 e. The molecule has 0 aliphatic carbocycles. The molecule has 0 saturated carbocycles. The summed E-state index contributed by atoms with van der Waals surface area (Å²) in [5.41, 5.74) is 5.80. The lowest BCUT2D eigenvalue weighted by molar-refractivity contribution is -0.386. The molecular formula is C9H11IN2O2. The van der Waals surface area contributed by atoms with Crippen LogP contribution in [0.1, 0.15) is 19.4 Å². The van der Waals surface area contributed by atoms with Crippen molar-refractivity contribution in [3.05, 3.63) is 37.4 Å². The Morgan fingerprint density at radius 2 is 2.07 bits per heavy atom. The molecular weight excluding hydrogens is 295 g/mol. The van der Waals surface area contributed by atoms with E-state index in [2.05, 4.69) is 0 Å². The van der Waals surface area contributed by atoms with E-state index >= 15 is 0 Å². The maximum atomic E-state index is 10.8.